The van der Waals surface area contributed by atoms with Gasteiger partial charge in [0, 0.05) is 30.9 Å². The van der Waals surface area contributed by atoms with Crippen molar-refractivity contribution in [2.24, 2.45) is 5.92 Å². The summed E-state index contributed by atoms with van der Waals surface area (Å²) in [5.74, 6) is 0.281. The summed E-state index contributed by atoms with van der Waals surface area (Å²) in [7, 11) is -3.11. The van der Waals surface area contributed by atoms with Crippen LogP contribution in [0.4, 0.5) is 0 Å². The summed E-state index contributed by atoms with van der Waals surface area (Å²) in [5, 5.41) is 13.8. The Morgan fingerprint density at radius 2 is 2.10 bits per heavy atom. The van der Waals surface area contributed by atoms with E-state index in [-0.39, 0.29) is 12.5 Å². The van der Waals surface area contributed by atoms with E-state index in [0.29, 0.717) is 19.6 Å². The molecular weight excluding hydrogens is 278 g/mol. The van der Waals surface area contributed by atoms with E-state index in [1.807, 2.05) is 18.5 Å². The van der Waals surface area contributed by atoms with E-state index in [1.54, 1.807) is 4.31 Å². The molecule has 0 radical (unpaired) electrons. The lowest BCUT2D eigenvalue weighted by Crippen LogP contribution is -2.40. The summed E-state index contributed by atoms with van der Waals surface area (Å²) in [6.45, 7) is 5.72. The van der Waals surface area contributed by atoms with Crippen LogP contribution in [0.25, 0.3) is 0 Å². The van der Waals surface area contributed by atoms with Gasteiger partial charge in [-0.2, -0.15) is 5.10 Å². The van der Waals surface area contributed by atoms with Gasteiger partial charge in [-0.3, -0.25) is 4.68 Å². The van der Waals surface area contributed by atoms with Crippen molar-refractivity contribution < 1.29 is 13.5 Å². The highest BCUT2D eigenvalue weighted by atomic mass is 32.2. The number of aryl methyl sites for hydroxylation is 1. The summed E-state index contributed by atoms with van der Waals surface area (Å²) in [6.07, 6.45) is 3.17. The first-order valence-electron chi connectivity index (χ1n) is 6.91. The van der Waals surface area contributed by atoms with Crippen LogP contribution in [0.3, 0.4) is 0 Å². The molecule has 0 saturated carbocycles. The van der Waals surface area contributed by atoms with Gasteiger partial charge in [-0.15, -0.1) is 0 Å². The number of nitrogens with zero attached hydrogens (tertiary/aromatic N) is 3. The highest BCUT2D eigenvalue weighted by Crippen LogP contribution is 2.22. The maximum atomic E-state index is 11.6. The molecule has 20 heavy (non-hydrogen) atoms. The Morgan fingerprint density at radius 3 is 2.65 bits per heavy atom. The molecule has 1 aromatic heterocycles. The topological polar surface area (TPSA) is 75.4 Å². The summed E-state index contributed by atoms with van der Waals surface area (Å²) >= 11 is 0. The molecule has 1 saturated heterocycles. The smallest absolute Gasteiger partial charge is 0.211 e. The van der Waals surface area contributed by atoms with E-state index in [2.05, 4.69) is 5.10 Å². The zero-order valence-corrected chi connectivity index (χ0v) is 13.2. The maximum absolute atomic E-state index is 11.6. The molecule has 1 aliphatic rings. The normalized spacial score (nSPS) is 21.3. The van der Waals surface area contributed by atoms with Crippen molar-refractivity contribution >= 4 is 10.0 Å². The van der Waals surface area contributed by atoms with Gasteiger partial charge in [-0.1, -0.05) is 0 Å². The van der Waals surface area contributed by atoms with Crippen LogP contribution in [0.15, 0.2) is 0 Å². The minimum absolute atomic E-state index is 0.00218. The molecule has 6 nitrogen and oxygen atoms in total. The van der Waals surface area contributed by atoms with E-state index in [1.165, 1.54) is 6.26 Å². The SMILES string of the molecule is Cc1nn(CC2CCCN(S(C)(=O)=O)C2)c(C)c1CO. The molecule has 0 aromatic carbocycles. The van der Waals surface area contributed by atoms with Gasteiger partial charge in [0.25, 0.3) is 0 Å². The predicted octanol–water partition coefficient (Wildman–Crippen LogP) is 0.664. The Balaban J connectivity index is 2.10. The number of piperidine rings is 1. The maximum Gasteiger partial charge on any atom is 0.211 e. The molecule has 1 aromatic rings. The summed E-state index contributed by atoms with van der Waals surface area (Å²) in [4.78, 5) is 0. The molecule has 2 rings (SSSR count). The molecule has 1 N–H and O–H groups in total. The standard InChI is InChI=1S/C13H23N3O3S/c1-10-13(9-17)11(2)16(14-10)8-12-5-4-6-15(7-12)20(3,18)19/h12,17H,4-9H2,1-3H3. The van der Waals surface area contributed by atoms with E-state index in [4.69, 9.17) is 0 Å². The second-order valence-electron chi connectivity index (χ2n) is 5.62. The number of hydrogen-bond donors (Lipinski definition) is 1. The zero-order valence-electron chi connectivity index (χ0n) is 12.3. The van der Waals surface area contributed by atoms with E-state index < -0.39 is 10.0 Å². The summed E-state index contributed by atoms with van der Waals surface area (Å²) in [5.41, 5.74) is 2.70. The van der Waals surface area contributed by atoms with Crippen molar-refractivity contribution in [2.45, 2.75) is 39.8 Å². The van der Waals surface area contributed by atoms with Gasteiger partial charge < -0.3 is 5.11 Å². The van der Waals surface area contributed by atoms with Crippen LogP contribution in [-0.2, 0) is 23.2 Å². The van der Waals surface area contributed by atoms with Crippen molar-refractivity contribution in [3.8, 4) is 0 Å². The number of sulfonamides is 1. The first kappa shape index (κ1) is 15.5. The average Bonchev–Trinajstić information content (AvgIpc) is 2.63. The molecule has 1 atom stereocenters. The third-order valence-electron chi connectivity index (χ3n) is 4.07. The highest BCUT2D eigenvalue weighted by Gasteiger charge is 2.26. The first-order valence-corrected chi connectivity index (χ1v) is 8.76. The van der Waals surface area contributed by atoms with Gasteiger partial charge in [0.05, 0.1) is 18.6 Å². The fourth-order valence-electron chi connectivity index (χ4n) is 2.86. The molecule has 1 fully saturated rings. The monoisotopic (exact) mass is 301 g/mol. The van der Waals surface area contributed by atoms with Crippen molar-refractivity contribution in [1.29, 1.82) is 0 Å². The van der Waals surface area contributed by atoms with Crippen LogP contribution >= 0.6 is 0 Å². The van der Waals surface area contributed by atoms with Crippen LogP contribution in [-0.4, -0.2) is 47.0 Å². The van der Waals surface area contributed by atoms with Crippen LogP contribution in [0.5, 0.6) is 0 Å². The Bertz CT molecular complexity index is 580. The molecule has 0 aliphatic carbocycles. The molecule has 0 amide bonds. The molecule has 2 heterocycles. The van der Waals surface area contributed by atoms with E-state index >= 15 is 0 Å². The Hall–Kier alpha value is -0.920. The van der Waals surface area contributed by atoms with Crippen LogP contribution in [0.2, 0.25) is 0 Å². The molecule has 1 unspecified atom stereocenters. The van der Waals surface area contributed by atoms with Gasteiger partial charge in [0.15, 0.2) is 0 Å². The van der Waals surface area contributed by atoms with Crippen molar-refractivity contribution in [3.63, 3.8) is 0 Å². The number of aliphatic hydroxyl groups excluding tert-OH is 1. The number of aromatic nitrogens is 2. The number of rotatable bonds is 4. The molecule has 1 aliphatic heterocycles. The van der Waals surface area contributed by atoms with Crippen LogP contribution in [0, 0.1) is 19.8 Å². The van der Waals surface area contributed by atoms with Crippen molar-refractivity contribution in [3.05, 3.63) is 17.0 Å². The minimum Gasteiger partial charge on any atom is -0.392 e. The lowest BCUT2D eigenvalue weighted by Gasteiger charge is -2.31. The first-order chi connectivity index (χ1) is 9.32. The largest absolute Gasteiger partial charge is 0.392 e. The summed E-state index contributed by atoms with van der Waals surface area (Å²) in [6, 6.07) is 0. The number of hydrogen-bond acceptors (Lipinski definition) is 4. The van der Waals surface area contributed by atoms with Gasteiger partial charge >= 0.3 is 0 Å². The fraction of sp³-hybridized carbons (Fsp3) is 0.769. The average molecular weight is 301 g/mol. The molecule has 0 spiro atoms. The van der Waals surface area contributed by atoms with Gasteiger partial charge in [-0.25, -0.2) is 12.7 Å². The minimum atomic E-state index is -3.11. The zero-order chi connectivity index (χ0) is 14.9. The highest BCUT2D eigenvalue weighted by molar-refractivity contribution is 7.88. The Morgan fingerprint density at radius 1 is 1.40 bits per heavy atom. The molecule has 114 valence electrons. The van der Waals surface area contributed by atoms with Crippen LogP contribution in [0.1, 0.15) is 29.8 Å². The lowest BCUT2D eigenvalue weighted by molar-refractivity contribution is 0.239. The molecular formula is C13H23N3O3S. The van der Waals surface area contributed by atoms with Gasteiger partial charge in [0.1, 0.15) is 0 Å². The molecule has 0 bridgehead atoms. The van der Waals surface area contributed by atoms with Gasteiger partial charge in [0.2, 0.25) is 10.0 Å². The van der Waals surface area contributed by atoms with Crippen molar-refractivity contribution in [1.82, 2.24) is 14.1 Å². The fourth-order valence-corrected chi connectivity index (χ4v) is 3.80. The quantitative estimate of drug-likeness (QED) is 0.886. The molecule has 7 heteroatoms. The van der Waals surface area contributed by atoms with E-state index in [0.717, 1.165) is 29.8 Å². The lowest BCUT2D eigenvalue weighted by atomic mass is 10.00. The summed E-state index contributed by atoms with van der Waals surface area (Å²) < 4.78 is 26.7. The Kier molecular flexibility index (Phi) is 4.51. The third-order valence-corrected chi connectivity index (χ3v) is 5.34. The van der Waals surface area contributed by atoms with Gasteiger partial charge in [-0.05, 0) is 32.6 Å². The second-order valence-corrected chi connectivity index (χ2v) is 7.60. The predicted molar refractivity (Wildman–Crippen MR) is 76.8 cm³/mol. The number of aliphatic hydroxyl groups is 1. The Labute approximate surface area is 120 Å². The third kappa shape index (κ3) is 3.21. The second kappa shape index (κ2) is 5.83. The van der Waals surface area contributed by atoms with Crippen LogP contribution < -0.4 is 0 Å². The van der Waals surface area contributed by atoms with Crippen molar-refractivity contribution in [2.75, 3.05) is 19.3 Å². The van der Waals surface area contributed by atoms with E-state index in [9.17, 15) is 13.5 Å².